The van der Waals surface area contributed by atoms with E-state index in [9.17, 15) is 8.42 Å². The Morgan fingerprint density at radius 2 is 2.43 bits per heavy atom. The quantitative estimate of drug-likeness (QED) is 0.783. The first-order valence-electron chi connectivity index (χ1n) is 4.45. The van der Waals surface area contributed by atoms with E-state index in [1.807, 2.05) is 0 Å². The number of anilines is 1. The van der Waals surface area contributed by atoms with E-state index in [-0.39, 0.29) is 17.5 Å². The summed E-state index contributed by atoms with van der Waals surface area (Å²) in [5, 5.41) is 6.78. The first-order valence-corrected chi connectivity index (χ1v) is 6.27. The molecule has 14 heavy (non-hydrogen) atoms. The van der Waals surface area contributed by atoms with Crippen LogP contribution >= 0.6 is 0 Å². The molecule has 1 atom stereocenters. The Hall–Kier alpha value is -1.04. The molecule has 0 radical (unpaired) electrons. The lowest BCUT2D eigenvalue weighted by atomic mass is 10.2. The lowest BCUT2D eigenvalue weighted by Gasteiger charge is -2.07. The van der Waals surface area contributed by atoms with E-state index in [0.717, 1.165) is 0 Å². The summed E-state index contributed by atoms with van der Waals surface area (Å²) in [6.45, 7) is 1.80. The first-order chi connectivity index (χ1) is 6.55. The Morgan fingerprint density at radius 1 is 1.64 bits per heavy atom. The van der Waals surface area contributed by atoms with Crippen molar-refractivity contribution in [1.29, 1.82) is 0 Å². The number of aromatic nitrogens is 1. The van der Waals surface area contributed by atoms with Gasteiger partial charge in [-0.1, -0.05) is 5.16 Å². The SMILES string of the molecule is Cc1cc(NC2CCS(=O)(=O)C2)no1. The van der Waals surface area contributed by atoms with Crippen LogP contribution in [0.4, 0.5) is 5.82 Å². The maximum Gasteiger partial charge on any atom is 0.169 e. The zero-order valence-electron chi connectivity index (χ0n) is 7.86. The molecule has 5 nitrogen and oxygen atoms in total. The third-order valence-corrected chi connectivity index (χ3v) is 3.98. The number of rotatable bonds is 2. The molecule has 78 valence electrons. The van der Waals surface area contributed by atoms with Gasteiger partial charge in [0.25, 0.3) is 0 Å². The van der Waals surface area contributed by atoms with Crippen molar-refractivity contribution >= 4 is 15.7 Å². The fourth-order valence-corrected chi connectivity index (χ4v) is 3.23. The van der Waals surface area contributed by atoms with Crippen LogP contribution in [0.15, 0.2) is 10.6 Å². The molecule has 1 unspecified atom stereocenters. The minimum Gasteiger partial charge on any atom is -0.363 e. The number of sulfone groups is 1. The summed E-state index contributed by atoms with van der Waals surface area (Å²) >= 11 is 0. The summed E-state index contributed by atoms with van der Waals surface area (Å²) in [7, 11) is -2.83. The van der Waals surface area contributed by atoms with Gasteiger partial charge in [0, 0.05) is 12.1 Å². The van der Waals surface area contributed by atoms with Crippen LogP contribution in [0.3, 0.4) is 0 Å². The van der Waals surface area contributed by atoms with Gasteiger partial charge in [0.2, 0.25) is 0 Å². The van der Waals surface area contributed by atoms with Crippen LogP contribution in [0, 0.1) is 6.92 Å². The van der Waals surface area contributed by atoms with E-state index in [0.29, 0.717) is 18.0 Å². The highest BCUT2D eigenvalue weighted by Crippen LogP contribution is 2.16. The molecule has 2 heterocycles. The maximum absolute atomic E-state index is 11.2. The van der Waals surface area contributed by atoms with Gasteiger partial charge in [0.1, 0.15) is 5.76 Å². The van der Waals surface area contributed by atoms with E-state index in [4.69, 9.17) is 4.52 Å². The fraction of sp³-hybridized carbons (Fsp3) is 0.625. The van der Waals surface area contributed by atoms with Crippen LogP contribution in [0.2, 0.25) is 0 Å². The molecule has 0 amide bonds. The second kappa shape index (κ2) is 3.27. The van der Waals surface area contributed by atoms with E-state index < -0.39 is 9.84 Å². The summed E-state index contributed by atoms with van der Waals surface area (Å²) in [5.74, 6) is 1.79. The van der Waals surface area contributed by atoms with Gasteiger partial charge in [-0.25, -0.2) is 8.42 Å². The molecule has 1 N–H and O–H groups in total. The lowest BCUT2D eigenvalue weighted by molar-refractivity contribution is 0.399. The number of nitrogens with zero attached hydrogens (tertiary/aromatic N) is 1. The summed E-state index contributed by atoms with van der Waals surface area (Å²) in [6, 6.07) is 1.73. The van der Waals surface area contributed by atoms with Gasteiger partial charge in [0.15, 0.2) is 15.7 Å². The van der Waals surface area contributed by atoms with E-state index in [2.05, 4.69) is 10.5 Å². The molecule has 0 saturated carbocycles. The molecular formula is C8H12N2O3S. The van der Waals surface area contributed by atoms with Crippen molar-refractivity contribution in [2.45, 2.75) is 19.4 Å². The Labute approximate surface area is 82.4 Å². The Balaban J connectivity index is 2.00. The van der Waals surface area contributed by atoms with Crippen LogP contribution in [-0.2, 0) is 9.84 Å². The van der Waals surface area contributed by atoms with Crippen molar-refractivity contribution in [3.8, 4) is 0 Å². The highest BCUT2D eigenvalue weighted by molar-refractivity contribution is 7.91. The van der Waals surface area contributed by atoms with Gasteiger partial charge in [-0.15, -0.1) is 0 Å². The van der Waals surface area contributed by atoms with Gasteiger partial charge in [-0.3, -0.25) is 0 Å². The van der Waals surface area contributed by atoms with Crippen molar-refractivity contribution in [1.82, 2.24) is 5.16 Å². The van der Waals surface area contributed by atoms with Crippen molar-refractivity contribution in [3.63, 3.8) is 0 Å². The van der Waals surface area contributed by atoms with Crippen LogP contribution in [0.5, 0.6) is 0 Å². The minimum absolute atomic E-state index is 0.0236. The molecule has 0 bridgehead atoms. The maximum atomic E-state index is 11.2. The molecule has 1 aromatic rings. The molecular weight excluding hydrogens is 204 g/mol. The Kier molecular flexibility index (Phi) is 2.22. The minimum atomic E-state index is -2.83. The lowest BCUT2D eigenvalue weighted by Crippen LogP contribution is -2.20. The monoisotopic (exact) mass is 216 g/mol. The number of nitrogens with one attached hydrogen (secondary N) is 1. The number of aryl methyl sites for hydroxylation is 1. The van der Waals surface area contributed by atoms with E-state index in [1.54, 1.807) is 13.0 Å². The van der Waals surface area contributed by atoms with Gasteiger partial charge in [0.05, 0.1) is 11.5 Å². The second-order valence-corrected chi connectivity index (χ2v) is 5.80. The average molecular weight is 216 g/mol. The van der Waals surface area contributed by atoms with Crippen molar-refractivity contribution in [2.75, 3.05) is 16.8 Å². The molecule has 0 aliphatic carbocycles. The van der Waals surface area contributed by atoms with E-state index >= 15 is 0 Å². The zero-order chi connectivity index (χ0) is 10.2. The molecule has 6 heteroatoms. The van der Waals surface area contributed by atoms with Crippen LogP contribution in [0.25, 0.3) is 0 Å². The molecule has 1 aliphatic rings. The fourth-order valence-electron chi connectivity index (χ4n) is 1.55. The van der Waals surface area contributed by atoms with Gasteiger partial charge in [-0.05, 0) is 13.3 Å². The normalized spacial score (nSPS) is 25.1. The van der Waals surface area contributed by atoms with Gasteiger partial charge in [-0.2, -0.15) is 0 Å². The van der Waals surface area contributed by atoms with Crippen molar-refractivity contribution in [2.24, 2.45) is 0 Å². The van der Waals surface area contributed by atoms with Gasteiger partial charge >= 0.3 is 0 Å². The van der Waals surface area contributed by atoms with Crippen molar-refractivity contribution in [3.05, 3.63) is 11.8 Å². The molecule has 1 saturated heterocycles. The average Bonchev–Trinajstić information content (AvgIpc) is 2.59. The predicted molar refractivity (Wildman–Crippen MR) is 51.9 cm³/mol. The van der Waals surface area contributed by atoms with Gasteiger partial charge < -0.3 is 9.84 Å². The summed E-state index contributed by atoms with van der Waals surface area (Å²) < 4.78 is 27.2. The topological polar surface area (TPSA) is 72.2 Å². The van der Waals surface area contributed by atoms with Crippen LogP contribution < -0.4 is 5.32 Å². The van der Waals surface area contributed by atoms with E-state index in [1.165, 1.54) is 0 Å². The Morgan fingerprint density at radius 3 is 2.93 bits per heavy atom. The molecule has 1 fully saturated rings. The number of hydrogen-bond donors (Lipinski definition) is 1. The Bertz CT molecular complexity index is 424. The molecule has 2 rings (SSSR count). The summed E-state index contributed by atoms with van der Waals surface area (Å²) in [6.07, 6.45) is 0.647. The standard InChI is InChI=1S/C8H12N2O3S/c1-6-4-8(10-13-6)9-7-2-3-14(11,12)5-7/h4,7H,2-3,5H2,1H3,(H,9,10). The highest BCUT2D eigenvalue weighted by Gasteiger charge is 2.28. The smallest absolute Gasteiger partial charge is 0.169 e. The van der Waals surface area contributed by atoms with Crippen LogP contribution in [-0.4, -0.2) is 31.1 Å². The molecule has 1 aliphatic heterocycles. The van der Waals surface area contributed by atoms with Crippen LogP contribution in [0.1, 0.15) is 12.2 Å². The third kappa shape index (κ3) is 2.06. The third-order valence-electron chi connectivity index (χ3n) is 2.21. The largest absolute Gasteiger partial charge is 0.363 e. The zero-order valence-corrected chi connectivity index (χ0v) is 8.67. The number of hydrogen-bond acceptors (Lipinski definition) is 5. The molecule has 0 aromatic carbocycles. The second-order valence-electron chi connectivity index (χ2n) is 3.57. The summed E-state index contributed by atoms with van der Waals surface area (Å²) in [4.78, 5) is 0. The molecule has 0 spiro atoms. The highest BCUT2D eigenvalue weighted by atomic mass is 32.2. The predicted octanol–water partition coefficient (Wildman–Crippen LogP) is 0.582. The van der Waals surface area contributed by atoms with Crippen molar-refractivity contribution < 1.29 is 12.9 Å². The summed E-state index contributed by atoms with van der Waals surface area (Å²) in [5.41, 5.74) is 0. The molecule has 1 aromatic heterocycles. The first kappa shape index (κ1) is 9.51.